The molecule has 3 nitrogen and oxygen atoms in total. The van der Waals surface area contributed by atoms with Crippen LogP contribution in [0.3, 0.4) is 0 Å². The molecule has 0 bridgehead atoms. The van der Waals surface area contributed by atoms with Crippen LogP contribution in [0.2, 0.25) is 0 Å². The van der Waals surface area contributed by atoms with Crippen LogP contribution in [-0.2, 0) is 0 Å². The van der Waals surface area contributed by atoms with Gasteiger partial charge in [0.15, 0.2) is 0 Å². The van der Waals surface area contributed by atoms with Gasteiger partial charge in [0.05, 0.1) is 0 Å². The summed E-state index contributed by atoms with van der Waals surface area (Å²) < 4.78 is 0. The van der Waals surface area contributed by atoms with E-state index in [4.69, 9.17) is 0 Å². The van der Waals surface area contributed by atoms with E-state index in [-0.39, 0.29) is 0 Å². The van der Waals surface area contributed by atoms with Crippen LogP contribution in [0.1, 0.15) is 25.8 Å². The lowest BCUT2D eigenvalue weighted by Crippen LogP contribution is -2.31. The number of nitrogens with one attached hydrogen (secondary N) is 1. The molecule has 0 spiro atoms. The Morgan fingerprint density at radius 2 is 2.26 bits per heavy atom. The molecule has 2 aromatic heterocycles. The van der Waals surface area contributed by atoms with Crippen molar-refractivity contribution in [3.05, 3.63) is 42.1 Å². The second-order valence-corrected chi connectivity index (χ2v) is 5.52. The third-order valence-electron chi connectivity index (χ3n) is 3.64. The largest absolute Gasteiger partial charge is 0.346 e. The van der Waals surface area contributed by atoms with Gasteiger partial charge in [-0.25, -0.2) is 4.98 Å². The van der Waals surface area contributed by atoms with E-state index in [0.29, 0.717) is 0 Å². The van der Waals surface area contributed by atoms with Gasteiger partial charge in [-0.1, -0.05) is 19.9 Å². The SMILES string of the molecule is C[C](C)CN1CC=C(c2ccnc3[nH]ccc23)CC1. The number of hydrogen-bond donors (Lipinski definition) is 1. The molecule has 1 aliphatic rings. The van der Waals surface area contributed by atoms with Gasteiger partial charge in [0.2, 0.25) is 0 Å². The number of aromatic amines is 1. The Kier molecular flexibility index (Phi) is 3.38. The zero-order valence-corrected chi connectivity index (χ0v) is 11.6. The van der Waals surface area contributed by atoms with Gasteiger partial charge in [-0.05, 0) is 35.6 Å². The molecule has 0 unspecified atom stereocenters. The van der Waals surface area contributed by atoms with Crippen molar-refractivity contribution in [1.29, 1.82) is 0 Å². The first-order valence-corrected chi connectivity index (χ1v) is 6.87. The molecule has 1 N–H and O–H groups in total. The smallest absolute Gasteiger partial charge is 0.137 e. The van der Waals surface area contributed by atoms with Gasteiger partial charge in [-0.2, -0.15) is 0 Å². The van der Waals surface area contributed by atoms with Crippen LogP contribution in [0.15, 0.2) is 30.6 Å². The van der Waals surface area contributed by atoms with Gasteiger partial charge < -0.3 is 4.98 Å². The van der Waals surface area contributed by atoms with Crippen molar-refractivity contribution < 1.29 is 0 Å². The van der Waals surface area contributed by atoms with Gasteiger partial charge in [0.25, 0.3) is 0 Å². The molecule has 2 aromatic rings. The zero-order chi connectivity index (χ0) is 13.2. The number of nitrogens with zero attached hydrogens (tertiary/aromatic N) is 2. The average molecular weight is 254 g/mol. The predicted octanol–water partition coefficient (Wildman–Crippen LogP) is 3.27. The van der Waals surface area contributed by atoms with Crippen molar-refractivity contribution in [3.8, 4) is 0 Å². The van der Waals surface area contributed by atoms with Crippen molar-refractivity contribution in [2.45, 2.75) is 20.3 Å². The van der Waals surface area contributed by atoms with E-state index >= 15 is 0 Å². The van der Waals surface area contributed by atoms with E-state index in [1.54, 1.807) is 0 Å². The molecule has 0 fully saturated rings. The van der Waals surface area contributed by atoms with Crippen LogP contribution in [-0.4, -0.2) is 34.5 Å². The minimum Gasteiger partial charge on any atom is -0.346 e. The number of H-pyrrole nitrogens is 1. The fourth-order valence-electron chi connectivity index (χ4n) is 2.79. The van der Waals surface area contributed by atoms with Crippen molar-refractivity contribution in [3.63, 3.8) is 0 Å². The summed E-state index contributed by atoms with van der Waals surface area (Å²) in [7, 11) is 0. The van der Waals surface area contributed by atoms with Crippen LogP contribution in [0, 0.1) is 5.92 Å². The molecule has 1 aliphatic heterocycles. The zero-order valence-electron chi connectivity index (χ0n) is 11.6. The maximum atomic E-state index is 4.35. The molecule has 0 aromatic carbocycles. The lowest BCUT2D eigenvalue weighted by atomic mass is 9.97. The summed E-state index contributed by atoms with van der Waals surface area (Å²) >= 11 is 0. The Morgan fingerprint density at radius 3 is 3.00 bits per heavy atom. The van der Waals surface area contributed by atoms with Crippen molar-refractivity contribution in [1.82, 2.24) is 14.9 Å². The van der Waals surface area contributed by atoms with E-state index < -0.39 is 0 Å². The fraction of sp³-hybridized carbons (Fsp3) is 0.375. The standard InChI is InChI=1S/C16H20N3/c1-12(2)11-19-9-5-13(6-10-19)14-3-7-17-16-15(14)4-8-18-16/h3-5,7-8H,6,9-11H2,1-2H3,(H,17,18). The van der Waals surface area contributed by atoms with Gasteiger partial charge in [-0.15, -0.1) is 0 Å². The average Bonchev–Trinajstić information content (AvgIpc) is 2.87. The number of pyridine rings is 1. The highest BCUT2D eigenvalue weighted by molar-refractivity contribution is 5.90. The van der Waals surface area contributed by atoms with Crippen LogP contribution in [0.4, 0.5) is 0 Å². The molecule has 0 atom stereocenters. The minimum absolute atomic E-state index is 0.985. The molecule has 0 aliphatic carbocycles. The first kappa shape index (κ1) is 12.4. The molecule has 3 rings (SSSR count). The van der Waals surface area contributed by atoms with Crippen LogP contribution < -0.4 is 0 Å². The Labute approximate surface area is 114 Å². The van der Waals surface area contributed by atoms with Crippen molar-refractivity contribution in [2.75, 3.05) is 19.6 Å². The Hall–Kier alpha value is -1.61. The number of fused-ring (bicyclic) bond motifs is 1. The van der Waals surface area contributed by atoms with Crippen molar-refractivity contribution >= 4 is 16.6 Å². The summed E-state index contributed by atoms with van der Waals surface area (Å²) in [6.45, 7) is 7.70. The third-order valence-corrected chi connectivity index (χ3v) is 3.64. The second kappa shape index (κ2) is 5.17. The monoisotopic (exact) mass is 254 g/mol. The highest BCUT2D eigenvalue weighted by atomic mass is 15.1. The number of aromatic nitrogens is 2. The molecule has 3 heterocycles. The first-order valence-electron chi connectivity index (χ1n) is 6.87. The fourth-order valence-corrected chi connectivity index (χ4v) is 2.79. The third kappa shape index (κ3) is 2.56. The molecule has 19 heavy (non-hydrogen) atoms. The van der Waals surface area contributed by atoms with Gasteiger partial charge in [0.1, 0.15) is 5.65 Å². The Morgan fingerprint density at radius 1 is 1.37 bits per heavy atom. The number of rotatable bonds is 3. The molecule has 1 radical (unpaired) electrons. The number of hydrogen-bond acceptors (Lipinski definition) is 2. The van der Waals surface area contributed by atoms with Crippen LogP contribution >= 0.6 is 0 Å². The maximum absolute atomic E-state index is 4.35. The van der Waals surface area contributed by atoms with E-state index in [2.05, 4.69) is 46.9 Å². The Bertz CT molecular complexity index is 595. The van der Waals surface area contributed by atoms with Crippen molar-refractivity contribution in [2.24, 2.45) is 0 Å². The quantitative estimate of drug-likeness (QED) is 0.911. The van der Waals surface area contributed by atoms with E-state index in [1.165, 1.54) is 22.4 Å². The molecule has 0 saturated carbocycles. The summed E-state index contributed by atoms with van der Waals surface area (Å²) in [5.41, 5.74) is 3.78. The molecule has 0 amide bonds. The minimum atomic E-state index is 0.985. The molecular formula is C16H20N3. The highest BCUT2D eigenvalue weighted by Gasteiger charge is 2.15. The summed E-state index contributed by atoms with van der Waals surface area (Å²) in [5, 5.41) is 1.24. The van der Waals surface area contributed by atoms with Gasteiger partial charge >= 0.3 is 0 Å². The molecule has 3 heteroatoms. The van der Waals surface area contributed by atoms with E-state index in [1.807, 2.05) is 12.4 Å². The summed E-state index contributed by atoms with van der Waals surface area (Å²) in [6.07, 6.45) is 7.35. The lowest BCUT2D eigenvalue weighted by molar-refractivity contribution is 0.313. The van der Waals surface area contributed by atoms with E-state index in [9.17, 15) is 0 Å². The normalized spacial score (nSPS) is 17.1. The highest BCUT2D eigenvalue weighted by Crippen LogP contribution is 2.28. The summed E-state index contributed by atoms with van der Waals surface area (Å²) in [6, 6.07) is 4.25. The Balaban J connectivity index is 1.84. The summed E-state index contributed by atoms with van der Waals surface area (Å²) in [4.78, 5) is 10.0. The summed E-state index contributed by atoms with van der Waals surface area (Å²) in [5.74, 6) is 1.48. The molecule has 0 saturated heterocycles. The van der Waals surface area contributed by atoms with Gasteiger partial charge in [-0.3, -0.25) is 4.90 Å². The second-order valence-electron chi connectivity index (χ2n) is 5.52. The molecular weight excluding hydrogens is 234 g/mol. The van der Waals surface area contributed by atoms with Gasteiger partial charge in [0, 0.05) is 37.4 Å². The maximum Gasteiger partial charge on any atom is 0.137 e. The van der Waals surface area contributed by atoms with Crippen LogP contribution in [0.5, 0.6) is 0 Å². The molecule has 99 valence electrons. The van der Waals surface area contributed by atoms with E-state index in [0.717, 1.165) is 31.7 Å². The van der Waals surface area contributed by atoms with Crippen LogP contribution in [0.25, 0.3) is 16.6 Å². The first-order chi connectivity index (χ1) is 9.24. The topological polar surface area (TPSA) is 31.9 Å². The lowest BCUT2D eigenvalue weighted by Gasteiger charge is -2.27. The predicted molar refractivity (Wildman–Crippen MR) is 79.7 cm³/mol.